The number of H-pyrrole nitrogens is 1. The topological polar surface area (TPSA) is 97.1 Å². The number of nitrogens with one attached hydrogen (secondary N) is 2. The maximum absolute atomic E-state index is 12.2. The largest absolute Gasteiger partial charge is 0.467 e. The van der Waals surface area contributed by atoms with Crippen LogP contribution < -0.4 is 16.6 Å². The Morgan fingerprint density at radius 3 is 2.69 bits per heavy atom. The first-order valence-electron chi connectivity index (χ1n) is 7.56. The van der Waals surface area contributed by atoms with E-state index in [9.17, 15) is 14.4 Å². The van der Waals surface area contributed by atoms with Gasteiger partial charge in [-0.3, -0.25) is 19.1 Å². The molecule has 3 rings (SSSR count). The van der Waals surface area contributed by atoms with E-state index in [-0.39, 0.29) is 24.0 Å². The number of anilines is 1. The molecule has 0 atom stereocenters. The van der Waals surface area contributed by atoms with Crippen LogP contribution in [0.1, 0.15) is 5.76 Å². The average molecular weight is 392 g/mol. The molecule has 0 saturated heterocycles. The smallest absolute Gasteiger partial charge is 0.330 e. The fourth-order valence-corrected chi connectivity index (χ4v) is 3.02. The molecular formula is C17H14ClN3O4S. The molecule has 1 amide bonds. The number of halogens is 1. The second-order valence-corrected chi connectivity index (χ2v) is 6.77. The summed E-state index contributed by atoms with van der Waals surface area (Å²) in [5, 5.41) is 3.22. The molecular weight excluding hydrogens is 378 g/mol. The second-order valence-electron chi connectivity index (χ2n) is 5.28. The van der Waals surface area contributed by atoms with Crippen LogP contribution in [0.25, 0.3) is 0 Å². The van der Waals surface area contributed by atoms with Crippen LogP contribution in [-0.4, -0.2) is 21.2 Å². The number of rotatable bonds is 6. The molecule has 0 bridgehead atoms. The van der Waals surface area contributed by atoms with Gasteiger partial charge in [0.1, 0.15) is 11.6 Å². The molecule has 7 nitrogen and oxygen atoms in total. The molecule has 0 aliphatic carbocycles. The Morgan fingerprint density at radius 1 is 1.23 bits per heavy atom. The van der Waals surface area contributed by atoms with Crippen molar-refractivity contribution >= 4 is 35.1 Å². The van der Waals surface area contributed by atoms with E-state index in [1.807, 2.05) is 0 Å². The summed E-state index contributed by atoms with van der Waals surface area (Å²) in [7, 11) is 0. The van der Waals surface area contributed by atoms with Crippen molar-refractivity contribution in [3.05, 3.63) is 80.3 Å². The van der Waals surface area contributed by atoms with Crippen LogP contribution in [0.2, 0.25) is 5.02 Å². The van der Waals surface area contributed by atoms with Crippen LogP contribution in [-0.2, 0) is 11.3 Å². The summed E-state index contributed by atoms with van der Waals surface area (Å²) >= 11 is 7.14. The van der Waals surface area contributed by atoms with E-state index in [0.717, 1.165) is 11.0 Å². The van der Waals surface area contributed by atoms with Crippen molar-refractivity contribution in [2.24, 2.45) is 0 Å². The van der Waals surface area contributed by atoms with E-state index in [1.165, 1.54) is 22.6 Å². The minimum Gasteiger partial charge on any atom is -0.467 e. The normalized spacial score (nSPS) is 10.7. The number of carbonyl (C=O) groups excluding carboxylic acids is 1. The van der Waals surface area contributed by atoms with Gasteiger partial charge in [-0.2, -0.15) is 0 Å². The molecule has 26 heavy (non-hydrogen) atoms. The zero-order chi connectivity index (χ0) is 18.5. The van der Waals surface area contributed by atoms with Crippen molar-refractivity contribution in [2.75, 3.05) is 11.1 Å². The number of nitrogens with zero attached hydrogens (tertiary/aromatic N) is 1. The minimum absolute atomic E-state index is 0.0859. The Bertz CT molecular complexity index is 1010. The molecule has 0 unspecified atom stereocenters. The number of aromatic amines is 1. The molecule has 0 spiro atoms. The van der Waals surface area contributed by atoms with E-state index >= 15 is 0 Å². The Balaban J connectivity index is 1.73. The van der Waals surface area contributed by atoms with Crippen molar-refractivity contribution in [1.82, 2.24) is 9.55 Å². The van der Waals surface area contributed by atoms with Crippen molar-refractivity contribution in [3.63, 3.8) is 0 Å². The summed E-state index contributed by atoms with van der Waals surface area (Å²) in [4.78, 5) is 38.9. The summed E-state index contributed by atoms with van der Waals surface area (Å²) < 4.78 is 6.45. The lowest BCUT2D eigenvalue weighted by molar-refractivity contribution is -0.113. The molecule has 2 heterocycles. The van der Waals surface area contributed by atoms with Gasteiger partial charge in [-0.15, -0.1) is 11.8 Å². The van der Waals surface area contributed by atoms with Gasteiger partial charge < -0.3 is 9.73 Å². The Labute approximate surface area is 157 Å². The average Bonchev–Trinajstić information content (AvgIpc) is 3.10. The van der Waals surface area contributed by atoms with Crippen LogP contribution >= 0.6 is 23.4 Å². The highest BCUT2D eigenvalue weighted by molar-refractivity contribution is 8.00. The van der Waals surface area contributed by atoms with Gasteiger partial charge in [0.25, 0.3) is 5.56 Å². The number of amides is 1. The van der Waals surface area contributed by atoms with Crippen LogP contribution in [0.3, 0.4) is 0 Å². The number of benzene rings is 1. The highest BCUT2D eigenvalue weighted by Gasteiger charge is 2.12. The van der Waals surface area contributed by atoms with Crippen molar-refractivity contribution < 1.29 is 9.21 Å². The minimum atomic E-state index is -0.630. The maximum Gasteiger partial charge on any atom is 0.330 e. The third-order valence-corrected chi connectivity index (χ3v) is 4.64. The third kappa shape index (κ3) is 4.68. The lowest BCUT2D eigenvalue weighted by Gasteiger charge is -2.12. The lowest BCUT2D eigenvalue weighted by Crippen LogP contribution is -2.33. The Morgan fingerprint density at radius 2 is 2.00 bits per heavy atom. The van der Waals surface area contributed by atoms with Crippen molar-refractivity contribution in [2.45, 2.75) is 11.4 Å². The van der Waals surface area contributed by atoms with Gasteiger partial charge in [0.05, 0.1) is 18.6 Å². The molecule has 2 N–H and O–H groups in total. The molecule has 1 aromatic carbocycles. The predicted molar refractivity (Wildman–Crippen MR) is 99.9 cm³/mol. The van der Waals surface area contributed by atoms with Gasteiger partial charge in [0.2, 0.25) is 5.91 Å². The van der Waals surface area contributed by atoms with Gasteiger partial charge in [-0.05, 0) is 36.4 Å². The monoisotopic (exact) mass is 391 g/mol. The van der Waals surface area contributed by atoms with Gasteiger partial charge in [0.15, 0.2) is 0 Å². The van der Waals surface area contributed by atoms with Gasteiger partial charge in [-0.25, -0.2) is 4.79 Å². The highest BCUT2D eigenvalue weighted by Crippen LogP contribution is 2.20. The number of hydrogen-bond donors (Lipinski definition) is 2. The molecule has 0 aliphatic heterocycles. The molecule has 134 valence electrons. The zero-order valence-electron chi connectivity index (χ0n) is 13.4. The summed E-state index contributed by atoms with van der Waals surface area (Å²) in [5.41, 5.74) is -1.22. The summed E-state index contributed by atoms with van der Waals surface area (Å²) in [6, 6.07) is 11.6. The summed E-state index contributed by atoms with van der Waals surface area (Å²) in [6.07, 6.45) is 1.48. The fourth-order valence-electron chi connectivity index (χ4n) is 2.20. The molecule has 3 aromatic rings. The molecule has 0 radical (unpaired) electrons. The van der Waals surface area contributed by atoms with Crippen molar-refractivity contribution in [1.29, 1.82) is 0 Å². The predicted octanol–water partition coefficient (Wildman–Crippen LogP) is 2.56. The second kappa shape index (κ2) is 8.11. The zero-order valence-corrected chi connectivity index (χ0v) is 15.0. The summed E-state index contributed by atoms with van der Waals surface area (Å²) in [6.45, 7) is 0.0859. The first kappa shape index (κ1) is 18.1. The SMILES string of the molecule is O=C(CSc1ccc(Cl)cc1)Nc1cc(=O)[nH]c(=O)n1Cc1ccco1. The van der Waals surface area contributed by atoms with E-state index in [4.69, 9.17) is 16.0 Å². The Kier molecular flexibility index (Phi) is 5.65. The molecule has 0 fully saturated rings. The number of hydrogen-bond acceptors (Lipinski definition) is 5. The van der Waals surface area contributed by atoms with Crippen LogP contribution in [0.5, 0.6) is 0 Å². The number of thioether (sulfide) groups is 1. The summed E-state index contributed by atoms with van der Waals surface area (Å²) in [5.74, 6) is 0.397. The number of furan rings is 1. The van der Waals surface area contributed by atoms with Crippen LogP contribution in [0.4, 0.5) is 5.82 Å². The van der Waals surface area contributed by atoms with Gasteiger partial charge in [-0.1, -0.05) is 11.6 Å². The Hall–Kier alpha value is -2.71. The lowest BCUT2D eigenvalue weighted by atomic mass is 10.4. The van der Waals surface area contributed by atoms with Crippen LogP contribution in [0.15, 0.2) is 67.6 Å². The molecule has 0 aliphatic rings. The van der Waals surface area contributed by atoms with E-state index in [0.29, 0.717) is 10.8 Å². The van der Waals surface area contributed by atoms with E-state index in [1.54, 1.807) is 36.4 Å². The quantitative estimate of drug-likeness (QED) is 0.629. The first-order valence-corrected chi connectivity index (χ1v) is 8.92. The fraction of sp³-hybridized carbons (Fsp3) is 0.118. The van der Waals surface area contributed by atoms with E-state index in [2.05, 4.69) is 10.3 Å². The highest BCUT2D eigenvalue weighted by atomic mass is 35.5. The van der Waals surface area contributed by atoms with E-state index < -0.39 is 11.2 Å². The van der Waals surface area contributed by atoms with Gasteiger partial charge >= 0.3 is 5.69 Å². The van der Waals surface area contributed by atoms with Crippen molar-refractivity contribution in [3.8, 4) is 0 Å². The first-order chi connectivity index (χ1) is 12.5. The maximum atomic E-state index is 12.2. The number of aromatic nitrogens is 2. The molecule has 2 aromatic heterocycles. The molecule has 9 heteroatoms. The van der Waals surface area contributed by atoms with Crippen LogP contribution in [0, 0.1) is 0 Å². The third-order valence-electron chi connectivity index (χ3n) is 3.38. The standard InChI is InChI=1S/C17H14ClN3O4S/c18-11-3-5-13(6-4-11)26-10-16(23)19-14-8-15(22)20-17(24)21(14)9-12-2-1-7-25-12/h1-8H,9-10H2,(H,19,23)(H,20,22,24). The molecule has 0 saturated carbocycles. The van der Waals surface area contributed by atoms with Gasteiger partial charge in [0, 0.05) is 16.0 Å². The number of carbonyl (C=O) groups is 1.